The van der Waals surface area contributed by atoms with Gasteiger partial charge < -0.3 is 14.6 Å². The predicted molar refractivity (Wildman–Crippen MR) is 71.9 cm³/mol. The molecule has 20 heavy (non-hydrogen) atoms. The van der Waals surface area contributed by atoms with E-state index in [1.165, 1.54) is 12.1 Å². The van der Waals surface area contributed by atoms with Crippen LogP contribution in [-0.4, -0.2) is 17.3 Å². The lowest BCUT2D eigenvalue weighted by Gasteiger charge is -2.16. The Morgan fingerprint density at radius 3 is 2.90 bits per heavy atom. The van der Waals surface area contributed by atoms with E-state index in [4.69, 9.17) is 9.26 Å². The SMILES string of the molecule is CCc1nc(CNC(C)c2cc(F)ccc2OC)no1. The zero-order valence-electron chi connectivity index (χ0n) is 11.8. The van der Waals surface area contributed by atoms with Crippen LogP contribution in [0.2, 0.25) is 0 Å². The molecule has 2 aromatic rings. The van der Waals surface area contributed by atoms with Gasteiger partial charge in [-0.1, -0.05) is 12.1 Å². The van der Waals surface area contributed by atoms with Crippen molar-refractivity contribution in [2.75, 3.05) is 7.11 Å². The van der Waals surface area contributed by atoms with Gasteiger partial charge in [0.15, 0.2) is 5.82 Å². The number of aromatic nitrogens is 2. The summed E-state index contributed by atoms with van der Waals surface area (Å²) in [5, 5.41) is 7.08. The van der Waals surface area contributed by atoms with Crippen LogP contribution in [0, 0.1) is 5.82 Å². The molecule has 0 bridgehead atoms. The van der Waals surface area contributed by atoms with Crippen molar-refractivity contribution in [3.05, 3.63) is 41.3 Å². The highest BCUT2D eigenvalue weighted by atomic mass is 19.1. The first-order chi connectivity index (χ1) is 9.63. The zero-order chi connectivity index (χ0) is 14.5. The standard InChI is InChI=1S/C14H18FN3O2/c1-4-14-17-13(18-20-14)8-16-9(2)11-7-10(15)5-6-12(11)19-3/h5-7,9,16H,4,8H2,1-3H3. The molecule has 1 N–H and O–H groups in total. The van der Waals surface area contributed by atoms with Crippen molar-refractivity contribution < 1.29 is 13.7 Å². The molecule has 2 rings (SSSR count). The summed E-state index contributed by atoms with van der Waals surface area (Å²) in [4.78, 5) is 4.21. The van der Waals surface area contributed by atoms with Gasteiger partial charge in [0.25, 0.3) is 0 Å². The minimum absolute atomic E-state index is 0.0933. The van der Waals surface area contributed by atoms with Gasteiger partial charge in [-0.2, -0.15) is 4.98 Å². The molecule has 1 heterocycles. The lowest BCUT2D eigenvalue weighted by Crippen LogP contribution is -2.19. The number of aryl methyl sites for hydroxylation is 1. The molecule has 0 fully saturated rings. The first kappa shape index (κ1) is 14.5. The molecule has 0 saturated heterocycles. The van der Waals surface area contributed by atoms with Crippen LogP contribution in [0.3, 0.4) is 0 Å². The number of benzene rings is 1. The molecule has 0 aliphatic heterocycles. The minimum atomic E-state index is -0.290. The topological polar surface area (TPSA) is 60.2 Å². The molecule has 1 atom stereocenters. The Morgan fingerprint density at radius 2 is 2.25 bits per heavy atom. The first-order valence-electron chi connectivity index (χ1n) is 6.52. The average Bonchev–Trinajstić information content (AvgIpc) is 2.92. The summed E-state index contributed by atoms with van der Waals surface area (Å²) in [6, 6.07) is 4.36. The van der Waals surface area contributed by atoms with Gasteiger partial charge in [0, 0.05) is 18.0 Å². The van der Waals surface area contributed by atoms with Crippen LogP contribution in [0.25, 0.3) is 0 Å². The van der Waals surface area contributed by atoms with Crippen molar-refractivity contribution in [2.24, 2.45) is 0 Å². The van der Waals surface area contributed by atoms with Crippen LogP contribution in [0.5, 0.6) is 5.75 Å². The number of nitrogens with zero attached hydrogens (tertiary/aromatic N) is 2. The number of hydrogen-bond acceptors (Lipinski definition) is 5. The molecule has 0 spiro atoms. The molecular formula is C14H18FN3O2. The summed E-state index contributed by atoms with van der Waals surface area (Å²) >= 11 is 0. The number of methoxy groups -OCH3 is 1. The van der Waals surface area contributed by atoms with Crippen molar-refractivity contribution in [1.29, 1.82) is 0 Å². The Hall–Kier alpha value is -1.95. The second-order valence-electron chi connectivity index (χ2n) is 4.45. The Morgan fingerprint density at radius 1 is 1.45 bits per heavy atom. The fourth-order valence-electron chi connectivity index (χ4n) is 1.90. The summed E-state index contributed by atoms with van der Waals surface area (Å²) in [6.45, 7) is 4.33. The van der Waals surface area contributed by atoms with Crippen molar-refractivity contribution >= 4 is 0 Å². The molecule has 1 aromatic heterocycles. The van der Waals surface area contributed by atoms with E-state index < -0.39 is 0 Å². The Labute approximate surface area is 117 Å². The smallest absolute Gasteiger partial charge is 0.226 e. The Bertz CT molecular complexity index is 571. The van der Waals surface area contributed by atoms with E-state index in [1.807, 2.05) is 13.8 Å². The molecule has 5 nitrogen and oxygen atoms in total. The van der Waals surface area contributed by atoms with Gasteiger partial charge in [-0.05, 0) is 25.1 Å². The van der Waals surface area contributed by atoms with Crippen molar-refractivity contribution in [2.45, 2.75) is 32.9 Å². The van der Waals surface area contributed by atoms with Crippen LogP contribution in [0.15, 0.2) is 22.7 Å². The quantitative estimate of drug-likeness (QED) is 0.880. The van der Waals surface area contributed by atoms with Crippen molar-refractivity contribution in [3.8, 4) is 5.75 Å². The molecule has 0 radical (unpaired) electrons. The fourth-order valence-corrected chi connectivity index (χ4v) is 1.90. The van der Waals surface area contributed by atoms with Crippen LogP contribution < -0.4 is 10.1 Å². The molecule has 0 amide bonds. The van der Waals surface area contributed by atoms with Crippen LogP contribution in [0.1, 0.15) is 37.2 Å². The summed E-state index contributed by atoms with van der Waals surface area (Å²) in [5.74, 6) is 1.55. The molecular weight excluding hydrogens is 261 g/mol. The van der Waals surface area contributed by atoms with Gasteiger partial charge in [-0.3, -0.25) is 0 Å². The summed E-state index contributed by atoms with van der Waals surface area (Å²) in [5.41, 5.74) is 0.756. The lowest BCUT2D eigenvalue weighted by molar-refractivity contribution is 0.372. The third-order valence-electron chi connectivity index (χ3n) is 3.04. The Balaban J connectivity index is 2.04. The number of halogens is 1. The average molecular weight is 279 g/mol. The monoisotopic (exact) mass is 279 g/mol. The normalized spacial score (nSPS) is 12.4. The highest BCUT2D eigenvalue weighted by Gasteiger charge is 2.13. The van der Waals surface area contributed by atoms with E-state index in [1.54, 1.807) is 13.2 Å². The highest BCUT2D eigenvalue weighted by Crippen LogP contribution is 2.25. The molecule has 1 aromatic carbocycles. The third-order valence-corrected chi connectivity index (χ3v) is 3.04. The highest BCUT2D eigenvalue weighted by molar-refractivity contribution is 5.36. The first-order valence-corrected chi connectivity index (χ1v) is 6.52. The number of hydrogen-bond donors (Lipinski definition) is 1. The second kappa shape index (κ2) is 6.47. The summed E-state index contributed by atoms with van der Waals surface area (Å²) in [6.07, 6.45) is 0.709. The minimum Gasteiger partial charge on any atom is -0.496 e. The molecule has 6 heteroatoms. The number of ether oxygens (including phenoxy) is 1. The third kappa shape index (κ3) is 3.33. The summed E-state index contributed by atoms with van der Waals surface area (Å²) < 4.78 is 23.6. The van der Waals surface area contributed by atoms with E-state index in [0.29, 0.717) is 30.4 Å². The lowest BCUT2D eigenvalue weighted by atomic mass is 10.1. The molecule has 108 valence electrons. The largest absolute Gasteiger partial charge is 0.496 e. The van der Waals surface area contributed by atoms with E-state index in [-0.39, 0.29) is 11.9 Å². The molecule has 1 unspecified atom stereocenters. The van der Waals surface area contributed by atoms with E-state index >= 15 is 0 Å². The molecule has 0 aliphatic carbocycles. The second-order valence-corrected chi connectivity index (χ2v) is 4.45. The number of rotatable bonds is 6. The Kier molecular flexibility index (Phi) is 4.68. The van der Waals surface area contributed by atoms with Crippen LogP contribution in [0.4, 0.5) is 4.39 Å². The molecule has 0 saturated carbocycles. The van der Waals surface area contributed by atoms with Gasteiger partial charge in [0.2, 0.25) is 5.89 Å². The summed E-state index contributed by atoms with van der Waals surface area (Å²) in [7, 11) is 1.57. The van der Waals surface area contributed by atoms with Crippen molar-refractivity contribution in [3.63, 3.8) is 0 Å². The predicted octanol–water partition coefficient (Wildman–Crippen LogP) is 2.63. The maximum Gasteiger partial charge on any atom is 0.226 e. The van der Waals surface area contributed by atoms with Gasteiger partial charge in [-0.25, -0.2) is 4.39 Å². The van der Waals surface area contributed by atoms with Gasteiger partial charge in [0.05, 0.1) is 13.7 Å². The fraction of sp³-hybridized carbons (Fsp3) is 0.429. The molecule has 0 aliphatic rings. The van der Waals surface area contributed by atoms with E-state index in [2.05, 4.69) is 15.5 Å². The number of nitrogens with one attached hydrogen (secondary N) is 1. The maximum absolute atomic E-state index is 13.3. The van der Waals surface area contributed by atoms with Gasteiger partial charge in [-0.15, -0.1) is 0 Å². The zero-order valence-corrected chi connectivity index (χ0v) is 11.8. The van der Waals surface area contributed by atoms with Crippen LogP contribution in [-0.2, 0) is 13.0 Å². The van der Waals surface area contributed by atoms with E-state index in [0.717, 1.165) is 5.56 Å². The van der Waals surface area contributed by atoms with Gasteiger partial charge >= 0.3 is 0 Å². The van der Waals surface area contributed by atoms with Crippen molar-refractivity contribution in [1.82, 2.24) is 15.5 Å². The maximum atomic E-state index is 13.3. The van der Waals surface area contributed by atoms with E-state index in [9.17, 15) is 4.39 Å². The van der Waals surface area contributed by atoms with Gasteiger partial charge in [0.1, 0.15) is 11.6 Å². The van der Waals surface area contributed by atoms with Crippen LogP contribution >= 0.6 is 0 Å².